The fourth-order valence-corrected chi connectivity index (χ4v) is 2.17. The van der Waals surface area contributed by atoms with Gasteiger partial charge in [-0.25, -0.2) is 0 Å². The Morgan fingerprint density at radius 3 is 2.50 bits per heavy atom. The van der Waals surface area contributed by atoms with Gasteiger partial charge in [0.25, 0.3) is 0 Å². The van der Waals surface area contributed by atoms with Crippen LogP contribution in [0.15, 0.2) is 30.3 Å². The molecule has 1 aromatic rings. The largest absolute Gasteiger partial charge is 0.371 e. The van der Waals surface area contributed by atoms with E-state index >= 15 is 0 Å². The zero-order valence-corrected chi connectivity index (χ0v) is 11.6. The molecular weight excluding hydrogens is 291 g/mol. The third-order valence-electron chi connectivity index (χ3n) is 2.31. The second-order valence-corrected chi connectivity index (χ2v) is 4.34. The van der Waals surface area contributed by atoms with Crippen molar-refractivity contribution in [2.24, 2.45) is 0 Å². The van der Waals surface area contributed by atoms with Crippen molar-refractivity contribution in [2.45, 2.75) is 25.7 Å². The van der Waals surface area contributed by atoms with E-state index in [1.54, 1.807) is 0 Å². The molecule has 0 aliphatic carbocycles. The summed E-state index contributed by atoms with van der Waals surface area (Å²) in [4.78, 5) is 0. The second kappa shape index (κ2) is 8.07. The highest BCUT2D eigenvalue weighted by atomic mass is 79.9. The smallest absolute Gasteiger partial charge is 0.121 e. The van der Waals surface area contributed by atoms with Crippen molar-refractivity contribution in [3.8, 4) is 0 Å². The highest BCUT2D eigenvalue weighted by molar-refractivity contribution is 9.09. The lowest BCUT2D eigenvalue weighted by molar-refractivity contribution is -0.0481. The van der Waals surface area contributed by atoms with Gasteiger partial charge in [-0.1, -0.05) is 57.9 Å². The van der Waals surface area contributed by atoms with Crippen molar-refractivity contribution in [1.82, 2.24) is 0 Å². The van der Waals surface area contributed by atoms with E-state index in [1.807, 2.05) is 37.3 Å². The molecule has 0 fully saturated rings. The first-order valence-electron chi connectivity index (χ1n) is 5.17. The standard InChI is InChI=1S/C12H16BrClO2/c1-10(12(7-13)16-9-14)15-8-11-5-3-2-4-6-11/h2-6,10,12H,7-9H2,1H3/t10-,12+/m0/s1. The van der Waals surface area contributed by atoms with Crippen LogP contribution in [-0.2, 0) is 16.1 Å². The molecule has 0 aliphatic rings. The number of hydrogen-bond acceptors (Lipinski definition) is 2. The molecule has 2 nitrogen and oxygen atoms in total. The van der Waals surface area contributed by atoms with Gasteiger partial charge in [0.1, 0.15) is 6.07 Å². The van der Waals surface area contributed by atoms with Crippen LogP contribution in [0.2, 0.25) is 0 Å². The lowest BCUT2D eigenvalue weighted by Crippen LogP contribution is -2.30. The van der Waals surface area contributed by atoms with Crippen LogP contribution in [0.5, 0.6) is 0 Å². The van der Waals surface area contributed by atoms with Crippen molar-refractivity contribution in [2.75, 3.05) is 11.4 Å². The van der Waals surface area contributed by atoms with Crippen LogP contribution in [0.25, 0.3) is 0 Å². The van der Waals surface area contributed by atoms with Gasteiger partial charge in [0.05, 0.1) is 18.8 Å². The SMILES string of the molecule is C[C@H](OCc1ccccc1)[C@@H](CBr)OCCl. The summed E-state index contributed by atoms with van der Waals surface area (Å²) >= 11 is 8.92. The molecule has 0 aromatic heterocycles. The third kappa shape index (κ3) is 4.83. The Kier molecular flexibility index (Phi) is 7.05. The maximum atomic E-state index is 5.72. The molecule has 0 aliphatic heterocycles. The summed E-state index contributed by atoms with van der Waals surface area (Å²) in [6.45, 7) is 2.58. The van der Waals surface area contributed by atoms with Gasteiger partial charge in [-0.2, -0.15) is 0 Å². The molecule has 0 N–H and O–H groups in total. The minimum Gasteiger partial charge on any atom is -0.371 e. The maximum Gasteiger partial charge on any atom is 0.121 e. The highest BCUT2D eigenvalue weighted by Gasteiger charge is 2.16. The molecule has 0 bridgehead atoms. The molecular formula is C12H16BrClO2. The molecule has 90 valence electrons. The molecule has 16 heavy (non-hydrogen) atoms. The number of benzene rings is 1. The zero-order chi connectivity index (χ0) is 11.8. The molecule has 1 aromatic carbocycles. The second-order valence-electron chi connectivity index (χ2n) is 3.47. The van der Waals surface area contributed by atoms with Crippen LogP contribution in [0, 0.1) is 0 Å². The number of hydrogen-bond donors (Lipinski definition) is 0. The van der Waals surface area contributed by atoms with Crippen LogP contribution in [0.1, 0.15) is 12.5 Å². The summed E-state index contributed by atoms with van der Waals surface area (Å²) in [5, 5.41) is 0.718. The Balaban J connectivity index is 2.36. The van der Waals surface area contributed by atoms with E-state index < -0.39 is 0 Å². The Morgan fingerprint density at radius 2 is 1.94 bits per heavy atom. The molecule has 0 amide bonds. The van der Waals surface area contributed by atoms with Gasteiger partial charge in [0.2, 0.25) is 0 Å². The Bertz CT molecular complexity index is 282. The average molecular weight is 308 g/mol. The van der Waals surface area contributed by atoms with Gasteiger partial charge in [-0.05, 0) is 12.5 Å². The molecule has 0 spiro atoms. The van der Waals surface area contributed by atoms with Crippen molar-refractivity contribution in [3.05, 3.63) is 35.9 Å². The predicted molar refractivity (Wildman–Crippen MR) is 70.1 cm³/mol. The first-order chi connectivity index (χ1) is 7.77. The quantitative estimate of drug-likeness (QED) is 0.717. The normalized spacial score (nSPS) is 14.7. The van der Waals surface area contributed by atoms with E-state index in [0.29, 0.717) is 6.61 Å². The fourth-order valence-electron chi connectivity index (χ4n) is 1.30. The molecule has 0 heterocycles. The first-order valence-corrected chi connectivity index (χ1v) is 6.82. The Labute approximate surface area is 110 Å². The summed E-state index contributed by atoms with van der Waals surface area (Å²) in [5.74, 6) is 0. The van der Waals surface area contributed by atoms with E-state index in [1.165, 1.54) is 0 Å². The van der Waals surface area contributed by atoms with E-state index in [4.69, 9.17) is 21.1 Å². The van der Waals surface area contributed by atoms with Crippen molar-refractivity contribution in [1.29, 1.82) is 0 Å². The van der Waals surface area contributed by atoms with Crippen molar-refractivity contribution in [3.63, 3.8) is 0 Å². The van der Waals surface area contributed by atoms with Crippen LogP contribution < -0.4 is 0 Å². The number of rotatable bonds is 7. The maximum absolute atomic E-state index is 5.72. The number of halogens is 2. The molecule has 0 saturated carbocycles. The van der Waals surface area contributed by atoms with Gasteiger partial charge in [0, 0.05) is 5.33 Å². The summed E-state index contributed by atoms with van der Waals surface area (Å²) in [6, 6.07) is 10.3. The van der Waals surface area contributed by atoms with Crippen molar-refractivity contribution < 1.29 is 9.47 Å². The molecule has 0 saturated heterocycles. The monoisotopic (exact) mass is 306 g/mol. The minimum absolute atomic E-state index is 0.0123. The van der Waals surface area contributed by atoms with Crippen LogP contribution >= 0.6 is 27.5 Å². The lowest BCUT2D eigenvalue weighted by atomic mass is 10.2. The molecule has 4 heteroatoms. The van der Waals surface area contributed by atoms with E-state index in [9.17, 15) is 0 Å². The fraction of sp³-hybridized carbons (Fsp3) is 0.500. The number of alkyl halides is 2. The minimum atomic E-state index is -0.0128. The van der Waals surface area contributed by atoms with Crippen LogP contribution in [0.3, 0.4) is 0 Å². The highest BCUT2D eigenvalue weighted by Crippen LogP contribution is 2.11. The van der Waals surface area contributed by atoms with E-state index in [2.05, 4.69) is 15.9 Å². The van der Waals surface area contributed by atoms with Crippen molar-refractivity contribution >= 4 is 27.5 Å². The topological polar surface area (TPSA) is 18.5 Å². The van der Waals surface area contributed by atoms with E-state index in [0.717, 1.165) is 10.9 Å². The molecule has 0 unspecified atom stereocenters. The zero-order valence-electron chi connectivity index (χ0n) is 9.24. The van der Waals surface area contributed by atoms with Gasteiger partial charge in [0.15, 0.2) is 0 Å². The molecule has 0 radical (unpaired) electrons. The predicted octanol–water partition coefficient (Wildman–Crippen LogP) is 3.57. The van der Waals surface area contributed by atoms with Gasteiger partial charge in [-0.15, -0.1) is 0 Å². The number of ether oxygens (including phenoxy) is 2. The molecule has 1 rings (SSSR count). The summed E-state index contributed by atoms with van der Waals surface area (Å²) in [5.41, 5.74) is 1.16. The Morgan fingerprint density at radius 1 is 1.25 bits per heavy atom. The van der Waals surface area contributed by atoms with Crippen LogP contribution in [-0.4, -0.2) is 23.6 Å². The van der Waals surface area contributed by atoms with Gasteiger partial charge < -0.3 is 9.47 Å². The lowest BCUT2D eigenvalue weighted by Gasteiger charge is -2.21. The summed E-state index contributed by atoms with van der Waals surface area (Å²) in [6.07, 6.45) is -0.000423. The van der Waals surface area contributed by atoms with E-state index in [-0.39, 0.29) is 18.3 Å². The summed E-state index contributed by atoms with van der Waals surface area (Å²) < 4.78 is 11.1. The average Bonchev–Trinajstić information content (AvgIpc) is 2.34. The Hall–Kier alpha value is -0.0900. The third-order valence-corrected chi connectivity index (χ3v) is 3.07. The molecule has 2 atom stereocenters. The summed E-state index contributed by atoms with van der Waals surface area (Å²) in [7, 11) is 0. The van der Waals surface area contributed by atoms with Crippen LogP contribution in [0.4, 0.5) is 0 Å². The van der Waals surface area contributed by atoms with Gasteiger partial charge in [-0.3, -0.25) is 0 Å². The van der Waals surface area contributed by atoms with Gasteiger partial charge >= 0.3 is 0 Å². The first kappa shape index (κ1) is 14.0.